The Morgan fingerprint density at radius 2 is 2.11 bits per heavy atom. The topological polar surface area (TPSA) is 78.4 Å². The molecule has 5 nitrogen and oxygen atoms in total. The van der Waals surface area contributed by atoms with E-state index in [2.05, 4.69) is 10.6 Å². The molecule has 1 aliphatic rings. The molecule has 0 fully saturated rings. The van der Waals surface area contributed by atoms with Gasteiger partial charge in [-0.15, -0.1) is 0 Å². The van der Waals surface area contributed by atoms with Crippen LogP contribution in [0.5, 0.6) is 0 Å². The van der Waals surface area contributed by atoms with E-state index in [0.29, 0.717) is 17.9 Å². The van der Waals surface area contributed by atoms with Gasteiger partial charge in [-0.2, -0.15) is 0 Å². The van der Waals surface area contributed by atoms with E-state index in [1.807, 2.05) is 13.8 Å². The number of benzene rings is 1. The van der Waals surface area contributed by atoms with Gasteiger partial charge in [-0.3, -0.25) is 4.79 Å². The van der Waals surface area contributed by atoms with Crippen LogP contribution in [0.4, 0.5) is 11.4 Å². The van der Waals surface area contributed by atoms with Gasteiger partial charge in [-0.1, -0.05) is 13.8 Å². The molecule has 5 heteroatoms. The Hall–Kier alpha value is -2.04. The van der Waals surface area contributed by atoms with Crippen LogP contribution >= 0.6 is 0 Å². The van der Waals surface area contributed by atoms with Crippen molar-refractivity contribution in [3.05, 3.63) is 23.8 Å². The highest BCUT2D eigenvalue weighted by atomic mass is 16.4. The van der Waals surface area contributed by atoms with E-state index in [4.69, 9.17) is 5.11 Å². The Labute approximate surface area is 105 Å². The number of hydrogen-bond acceptors (Lipinski definition) is 3. The summed E-state index contributed by atoms with van der Waals surface area (Å²) in [7, 11) is 0. The maximum absolute atomic E-state index is 12.0. The van der Waals surface area contributed by atoms with Crippen LogP contribution in [0.2, 0.25) is 0 Å². The van der Waals surface area contributed by atoms with Gasteiger partial charge >= 0.3 is 5.97 Å². The summed E-state index contributed by atoms with van der Waals surface area (Å²) < 4.78 is 0. The minimum atomic E-state index is -0.976. The van der Waals surface area contributed by atoms with Crippen LogP contribution in [0.1, 0.15) is 24.2 Å². The van der Waals surface area contributed by atoms with Crippen molar-refractivity contribution < 1.29 is 14.7 Å². The van der Waals surface area contributed by atoms with Gasteiger partial charge in [0, 0.05) is 6.54 Å². The van der Waals surface area contributed by atoms with Crippen molar-refractivity contribution in [3.8, 4) is 0 Å². The van der Waals surface area contributed by atoms with Crippen LogP contribution in [-0.4, -0.2) is 23.5 Å². The van der Waals surface area contributed by atoms with E-state index in [1.54, 1.807) is 12.1 Å². The quantitative estimate of drug-likeness (QED) is 0.748. The van der Waals surface area contributed by atoms with Gasteiger partial charge in [0.1, 0.15) is 0 Å². The summed E-state index contributed by atoms with van der Waals surface area (Å²) in [6.45, 7) is 4.49. The van der Waals surface area contributed by atoms with Gasteiger partial charge in [0.25, 0.3) is 0 Å². The molecule has 3 N–H and O–H groups in total. The predicted octanol–water partition coefficient (Wildman–Crippen LogP) is 2.02. The van der Waals surface area contributed by atoms with Crippen molar-refractivity contribution in [1.29, 1.82) is 0 Å². The van der Waals surface area contributed by atoms with Gasteiger partial charge in [0.15, 0.2) is 0 Å². The third-order valence-corrected chi connectivity index (χ3v) is 3.18. The van der Waals surface area contributed by atoms with Crippen LogP contribution in [0.15, 0.2) is 18.2 Å². The summed E-state index contributed by atoms with van der Waals surface area (Å²) in [6.07, 6.45) is 0. The maximum atomic E-state index is 12.0. The Balaban J connectivity index is 2.32. The number of rotatable bonds is 2. The van der Waals surface area contributed by atoms with E-state index in [0.717, 1.165) is 0 Å². The predicted molar refractivity (Wildman–Crippen MR) is 68.8 cm³/mol. The van der Waals surface area contributed by atoms with Crippen molar-refractivity contribution in [2.75, 3.05) is 17.2 Å². The second kappa shape index (κ2) is 4.68. The zero-order valence-electron chi connectivity index (χ0n) is 10.4. The van der Waals surface area contributed by atoms with Crippen LogP contribution in [0.3, 0.4) is 0 Å². The molecule has 96 valence electrons. The van der Waals surface area contributed by atoms with Gasteiger partial charge in [-0.25, -0.2) is 4.79 Å². The molecular formula is C13H16N2O3. The third-order valence-electron chi connectivity index (χ3n) is 3.18. The van der Waals surface area contributed by atoms with Gasteiger partial charge < -0.3 is 15.7 Å². The molecule has 1 atom stereocenters. The molecule has 0 radical (unpaired) electrons. The SMILES string of the molecule is CC(C)C1CNc2cc(C(=O)O)ccc2NC1=O. The number of carboxylic acids is 1. The maximum Gasteiger partial charge on any atom is 0.335 e. The fourth-order valence-corrected chi connectivity index (χ4v) is 2.01. The first-order chi connectivity index (χ1) is 8.49. The molecular weight excluding hydrogens is 232 g/mol. The number of anilines is 2. The summed E-state index contributed by atoms with van der Waals surface area (Å²) in [5, 5.41) is 14.9. The normalized spacial score (nSPS) is 18.6. The van der Waals surface area contributed by atoms with Crippen LogP contribution < -0.4 is 10.6 Å². The zero-order chi connectivity index (χ0) is 13.3. The van der Waals surface area contributed by atoms with E-state index >= 15 is 0 Å². The fourth-order valence-electron chi connectivity index (χ4n) is 2.01. The number of carbonyl (C=O) groups excluding carboxylic acids is 1. The molecule has 18 heavy (non-hydrogen) atoms. The number of carbonyl (C=O) groups is 2. The second-order valence-corrected chi connectivity index (χ2v) is 4.79. The number of aromatic carboxylic acids is 1. The minimum Gasteiger partial charge on any atom is -0.478 e. The Bertz CT molecular complexity index is 497. The number of fused-ring (bicyclic) bond motifs is 1. The lowest BCUT2D eigenvalue weighted by Crippen LogP contribution is -2.29. The van der Waals surface area contributed by atoms with Crippen LogP contribution in [0, 0.1) is 11.8 Å². The molecule has 1 unspecified atom stereocenters. The third kappa shape index (κ3) is 2.30. The van der Waals surface area contributed by atoms with Gasteiger partial charge in [-0.05, 0) is 24.1 Å². The minimum absolute atomic E-state index is 0.0284. The molecule has 0 spiro atoms. The average molecular weight is 248 g/mol. The van der Waals surface area contributed by atoms with Crippen LogP contribution in [0.25, 0.3) is 0 Å². The molecule has 0 bridgehead atoms. The Morgan fingerprint density at radius 1 is 1.39 bits per heavy atom. The van der Waals surface area contributed by atoms with Crippen molar-refractivity contribution >= 4 is 23.3 Å². The Kier molecular flexibility index (Phi) is 3.23. The van der Waals surface area contributed by atoms with E-state index in [1.165, 1.54) is 6.07 Å². The lowest BCUT2D eigenvalue weighted by atomic mass is 9.95. The summed E-state index contributed by atoms with van der Waals surface area (Å²) in [5.74, 6) is -0.897. The number of carboxylic acid groups (broad SMARTS) is 1. The molecule has 1 aromatic carbocycles. The molecule has 0 saturated carbocycles. The molecule has 0 saturated heterocycles. The van der Waals surface area contributed by atoms with Gasteiger partial charge in [0.05, 0.1) is 22.9 Å². The molecule has 2 rings (SSSR count). The monoisotopic (exact) mass is 248 g/mol. The molecule has 0 aliphatic carbocycles. The largest absolute Gasteiger partial charge is 0.478 e. The highest BCUT2D eigenvalue weighted by Gasteiger charge is 2.26. The first-order valence-corrected chi connectivity index (χ1v) is 5.91. The summed E-state index contributed by atoms with van der Waals surface area (Å²) in [4.78, 5) is 22.9. The lowest BCUT2D eigenvalue weighted by Gasteiger charge is -2.16. The molecule has 1 amide bonds. The summed E-state index contributed by atoms with van der Waals surface area (Å²) in [6, 6.07) is 4.64. The highest BCUT2D eigenvalue weighted by Crippen LogP contribution is 2.28. The standard InChI is InChI=1S/C13H16N2O3/c1-7(2)9-6-14-11-5-8(13(17)18)3-4-10(11)15-12(9)16/h3-5,7,9,14H,6H2,1-2H3,(H,15,16)(H,17,18). The number of hydrogen-bond donors (Lipinski definition) is 3. The first kappa shape index (κ1) is 12.4. The van der Waals surface area contributed by atoms with Crippen LogP contribution in [-0.2, 0) is 4.79 Å². The Morgan fingerprint density at radius 3 is 2.72 bits per heavy atom. The zero-order valence-corrected chi connectivity index (χ0v) is 10.4. The van der Waals surface area contributed by atoms with Crippen molar-refractivity contribution in [1.82, 2.24) is 0 Å². The van der Waals surface area contributed by atoms with E-state index in [-0.39, 0.29) is 23.3 Å². The molecule has 1 aromatic rings. The summed E-state index contributed by atoms with van der Waals surface area (Å²) in [5.41, 5.74) is 1.50. The van der Waals surface area contributed by atoms with Crippen molar-refractivity contribution in [2.45, 2.75) is 13.8 Å². The highest BCUT2D eigenvalue weighted by molar-refractivity contribution is 5.99. The fraction of sp³-hybridized carbons (Fsp3) is 0.385. The second-order valence-electron chi connectivity index (χ2n) is 4.79. The smallest absolute Gasteiger partial charge is 0.335 e. The number of nitrogens with one attached hydrogen (secondary N) is 2. The summed E-state index contributed by atoms with van der Waals surface area (Å²) >= 11 is 0. The van der Waals surface area contributed by atoms with Gasteiger partial charge in [0.2, 0.25) is 5.91 Å². The average Bonchev–Trinajstić information content (AvgIpc) is 2.46. The molecule has 1 heterocycles. The lowest BCUT2D eigenvalue weighted by molar-refractivity contribution is -0.120. The molecule has 1 aliphatic heterocycles. The van der Waals surface area contributed by atoms with E-state index in [9.17, 15) is 9.59 Å². The van der Waals surface area contributed by atoms with E-state index < -0.39 is 5.97 Å². The first-order valence-electron chi connectivity index (χ1n) is 5.91. The van der Waals surface area contributed by atoms with Crippen molar-refractivity contribution in [2.24, 2.45) is 11.8 Å². The number of amides is 1. The molecule has 0 aromatic heterocycles. The van der Waals surface area contributed by atoms with Crippen molar-refractivity contribution in [3.63, 3.8) is 0 Å².